The highest BCUT2D eigenvalue weighted by Gasteiger charge is 2.41. The third-order valence-corrected chi connectivity index (χ3v) is 3.52. The van der Waals surface area contributed by atoms with Crippen LogP contribution >= 0.6 is 0 Å². The average Bonchev–Trinajstić information content (AvgIpc) is 2.49. The summed E-state index contributed by atoms with van der Waals surface area (Å²) in [5.74, 6) is -1.13. The number of carboxylic acid groups (broad SMARTS) is 1. The van der Waals surface area contributed by atoms with Gasteiger partial charge in [-0.25, -0.2) is 0 Å². The predicted octanol–water partition coefficient (Wildman–Crippen LogP) is 1.84. The van der Waals surface area contributed by atoms with Crippen LogP contribution in [0.25, 0.3) is 0 Å². The number of ether oxygens (including phenoxy) is 2. The highest BCUT2D eigenvalue weighted by molar-refractivity contribution is 6.04. The number of carboxylic acids is 1. The summed E-state index contributed by atoms with van der Waals surface area (Å²) in [5, 5.41) is 8.66. The Kier molecular flexibility index (Phi) is 4.70. The van der Waals surface area contributed by atoms with Gasteiger partial charge in [-0.2, -0.15) is 0 Å². The van der Waals surface area contributed by atoms with E-state index in [4.69, 9.17) is 14.6 Å². The molecule has 0 unspecified atom stereocenters. The fourth-order valence-corrected chi connectivity index (χ4v) is 2.36. The minimum atomic E-state index is -1.03. The van der Waals surface area contributed by atoms with E-state index in [2.05, 4.69) is 0 Å². The van der Waals surface area contributed by atoms with E-state index in [1.165, 1.54) is 18.1 Å². The van der Waals surface area contributed by atoms with E-state index >= 15 is 0 Å². The molecule has 0 atom stereocenters. The first-order valence-electron chi connectivity index (χ1n) is 7.15. The Balaban J connectivity index is 2.35. The molecule has 0 saturated carbocycles. The summed E-state index contributed by atoms with van der Waals surface area (Å²) in [5.41, 5.74) is -0.250. The molecular weight excluding hydrogens is 302 g/mol. The van der Waals surface area contributed by atoms with Crippen LogP contribution in [0.15, 0.2) is 18.2 Å². The van der Waals surface area contributed by atoms with Crippen molar-refractivity contribution in [2.24, 2.45) is 0 Å². The molecule has 0 aromatic heterocycles. The summed E-state index contributed by atoms with van der Waals surface area (Å²) < 4.78 is 10.8. The van der Waals surface area contributed by atoms with E-state index < -0.39 is 11.6 Å². The first-order chi connectivity index (χ1) is 10.8. The van der Waals surface area contributed by atoms with Gasteiger partial charge < -0.3 is 14.6 Å². The molecule has 0 saturated heterocycles. The summed E-state index contributed by atoms with van der Waals surface area (Å²) in [6.07, 6.45) is -0.334. The Hall–Kier alpha value is -2.41. The fourth-order valence-electron chi connectivity index (χ4n) is 2.36. The van der Waals surface area contributed by atoms with E-state index in [1.54, 1.807) is 26.0 Å². The van der Waals surface area contributed by atoms with E-state index in [0.29, 0.717) is 17.0 Å². The zero-order chi connectivity index (χ0) is 17.2. The summed E-state index contributed by atoms with van der Waals surface area (Å²) in [4.78, 5) is 36.5. The zero-order valence-electron chi connectivity index (χ0n) is 13.3. The van der Waals surface area contributed by atoms with Crippen molar-refractivity contribution in [3.8, 4) is 5.75 Å². The van der Waals surface area contributed by atoms with Crippen LogP contribution in [0, 0.1) is 0 Å². The van der Waals surface area contributed by atoms with E-state index in [9.17, 15) is 14.4 Å². The number of benzene rings is 1. The lowest BCUT2D eigenvalue weighted by atomic mass is 10.0. The van der Waals surface area contributed by atoms with Gasteiger partial charge in [-0.1, -0.05) is 0 Å². The molecule has 1 heterocycles. The lowest BCUT2D eigenvalue weighted by Crippen LogP contribution is -2.53. The number of aliphatic carboxylic acids is 1. The van der Waals surface area contributed by atoms with Crippen molar-refractivity contribution < 1.29 is 29.0 Å². The Morgan fingerprint density at radius 2 is 2.00 bits per heavy atom. The highest BCUT2D eigenvalue weighted by atomic mass is 16.5. The molecule has 0 spiro atoms. The van der Waals surface area contributed by atoms with Gasteiger partial charge in [-0.3, -0.25) is 19.3 Å². The third kappa shape index (κ3) is 3.50. The lowest BCUT2D eigenvalue weighted by Gasteiger charge is -2.38. The highest BCUT2D eigenvalue weighted by Crippen LogP contribution is 2.38. The molecule has 0 bridgehead atoms. The molecule has 1 aliphatic rings. The Labute approximate surface area is 133 Å². The number of Topliss-reactive ketones (excluding diaryl/α,β-unsaturated/α-hetero) is 1. The molecular formula is C16H19NO6. The Morgan fingerprint density at radius 1 is 1.30 bits per heavy atom. The number of carbonyl (C=O) groups excluding carboxylic acids is 2. The van der Waals surface area contributed by atoms with Crippen molar-refractivity contribution in [1.82, 2.24) is 0 Å². The topological polar surface area (TPSA) is 93.1 Å². The van der Waals surface area contributed by atoms with Crippen molar-refractivity contribution in [3.63, 3.8) is 0 Å². The monoisotopic (exact) mass is 321 g/mol. The molecule has 7 nitrogen and oxygen atoms in total. The summed E-state index contributed by atoms with van der Waals surface area (Å²) in [6.45, 7) is 3.35. The normalized spacial score (nSPS) is 15.8. The number of nitrogens with zero attached hydrogens (tertiary/aromatic N) is 1. The van der Waals surface area contributed by atoms with Crippen LogP contribution in [0.4, 0.5) is 5.69 Å². The zero-order valence-corrected chi connectivity index (χ0v) is 13.3. The van der Waals surface area contributed by atoms with Crippen molar-refractivity contribution in [2.45, 2.75) is 32.3 Å². The Bertz CT molecular complexity index is 652. The summed E-state index contributed by atoms with van der Waals surface area (Å²) in [7, 11) is 1.47. The second-order valence-electron chi connectivity index (χ2n) is 5.76. The van der Waals surface area contributed by atoms with Gasteiger partial charge in [0.2, 0.25) is 0 Å². The second-order valence-corrected chi connectivity index (χ2v) is 5.76. The SMILES string of the molecule is COCN1C(=O)C(C)(C)Oc2ccc(C(=O)CCC(=O)O)cc21. The van der Waals surface area contributed by atoms with Crippen molar-refractivity contribution >= 4 is 23.3 Å². The molecule has 1 amide bonds. The second kappa shape index (κ2) is 6.37. The van der Waals surface area contributed by atoms with Gasteiger partial charge in [0.1, 0.15) is 12.5 Å². The maximum absolute atomic E-state index is 12.5. The molecule has 7 heteroatoms. The first kappa shape index (κ1) is 17.0. The third-order valence-electron chi connectivity index (χ3n) is 3.52. The number of hydrogen-bond donors (Lipinski definition) is 1. The minimum Gasteiger partial charge on any atom is -0.481 e. The lowest BCUT2D eigenvalue weighted by molar-refractivity contribution is -0.137. The van der Waals surface area contributed by atoms with Crippen LogP contribution < -0.4 is 9.64 Å². The Morgan fingerprint density at radius 3 is 2.61 bits per heavy atom. The fraction of sp³-hybridized carbons (Fsp3) is 0.438. The van der Waals surface area contributed by atoms with Crippen molar-refractivity contribution in [1.29, 1.82) is 0 Å². The molecule has 1 aromatic carbocycles. The van der Waals surface area contributed by atoms with E-state index in [0.717, 1.165) is 0 Å². The molecule has 0 radical (unpaired) electrons. The summed E-state index contributed by atoms with van der Waals surface area (Å²) in [6, 6.07) is 4.71. The maximum atomic E-state index is 12.5. The van der Waals surface area contributed by atoms with Gasteiger partial charge in [-0.05, 0) is 32.0 Å². The van der Waals surface area contributed by atoms with Crippen LogP contribution in [-0.4, -0.2) is 42.2 Å². The van der Waals surface area contributed by atoms with Crippen LogP contribution in [0.5, 0.6) is 5.75 Å². The van der Waals surface area contributed by atoms with Gasteiger partial charge in [-0.15, -0.1) is 0 Å². The molecule has 2 rings (SSSR count). The molecule has 124 valence electrons. The van der Waals surface area contributed by atoms with Crippen LogP contribution in [0.1, 0.15) is 37.0 Å². The van der Waals surface area contributed by atoms with E-state index in [-0.39, 0.29) is 31.3 Å². The number of rotatable bonds is 6. The largest absolute Gasteiger partial charge is 0.481 e. The smallest absolute Gasteiger partial charge is 0.303 e. The first-order valence-corrected chi connectivity index (χ1v) is 7.15. The van der Waals surface area contributed by atoms with E-state index in [1.807, 2.05) is 0 Å². The molecule has 0 fully saturated rings. The van der Waals surface area contributed by atoms with Crippen LogP contribution in [0.2, 0.25) is 0 Å². The van der Waals surface area contributed by atoms with Gasteiger partial charge >= 0.3 is 5.97 Å². The number of anilines is 1. The van der Waals surface area contributed by atoms with Crippen LogP contribution in [-0.2, 0) is 14.3 Å². The molecule has 1 N–H and O–H groups in total. The maximum Gasteiger partial charge on any atom is 0.303 e. The molecule has 1 aliphatic heterocycles. The van der Waals surface area contributed by atoms with Crippen LogP contribution in [0.3, 0.4) is 0 Å². The van der Waals surface area contributed by atoms with Gasteiger partial charge in [0.05, 0.1) is 12.1 Å². The number of ketones is 1. The number of fused-ring (bicyclic) bond motifs is 1. The average molecular weight is 321 g/mol. The number of methoxy groups -OCH3 is 1. The number of amides is 1. The van der Waals surface area contributed by atoms with Gasteiger partial charge in [0, 0.05) is 19.1 Å². The minimum absolute atomic E-state index is 0.0331. The van der Waals surface area contributed by atoms with Gasteiger partial charge in [0.15, 0.2) is 11.4 Å². The standard InChI is InChI=1S/C16H19NO6/c1-16(2)15(21)17(9-22-3)11-8-10(4-6-13(11)23-16)12(18)5-7-14(19)20/h4,6,8H,5,7,9H2,1-3H3,(H,19,20). The molecule has 1 aromatic rings. The van der Waals surface area contributed by atoms with Crippen molar-refractivity contribution in [2.75, 3.05) is 18.7 Å². The quantitative estimate of drug-likeness (QED) is 0.804. The van der Waals surface area contributed by atoms with Crippen molar-refractivity contribution in [3.05, 3.63) is 23.8 Å². The summed E-state index contributed by atoms with van der Waals surface area (Å²) >= 11 is 0. The number of hydrogen-bond acceptors (Lipinski definition) is 5. The van der Waals surface area contributed by atoms with Gasteiger partial charge in [0.25, 0.3) is 5.91 Å². The molecule has 23 heavy (non-hydrogen) atoms. The number of carbonyl (C=O) groups is 3. The predicted molar refractivity (Wildman–Crippen MR) is 81.7 cm³/mol. The molecule has 0 aliphatic carbocycles.